The normalized spacial score (nSPS) is 11.1. The second-order valence-corrected chi connectivity index (χ2v) is 10.7. The van der Waals surface area contributed by atoms with Gasteiger partial charge in [-0.2, -0.15) is 10.4 Å². The molecule has 5 aromatic rings. The Balaban J connectivity index is 1.25. The lowest BCUT2D eigenvalue weighted by molar-refractivity contribution is 0.248. The van der Waals surface area contributed by atoms with E-state index in [1.807, 2.05) is 43.6 Å². The van der Waals surface area contributed by atoms with Gasteiger partial charge in [0.1, 0.15) is 12.4 Å². The van der Waals surface area contributed by atoms with Crippen molar-refractivity contribution < 1.29 is 4.79 Å². The van der Waals surface area contributed by atoms with Crippen LogP contribution in [0.2, 0.25) is 0 Å². The highest BCUT2D eigenvalue weighted by molar-refractivity contribution is 5.94. The van der Waals surface area contributed by atoms with Crippen LogP contribution >= 0.6 is 0 Å². The molecule has 0 spiro atoms. The minimum absolute atomic E-state index is 0.0887. The maximum absolute atomic E-state index is 13.3. The molecule has 4 aromatic heterocycles. The molecule has 0 saturated carbocycles. The van der Waals surface area contributed by atoms with Gasteiger partial charge in [0, 0.05) is 61.8 Å². The summed E-state index contributed by atoms with van der Waals surface area (Å²) < 4.78 is 1.69. The van der Waals surface area contributed by atoms with Gasteiger partial charge in [0.25, 0.3) is 0 Å². The topological polar surface area (TPSA) is 163 Å². The summed E-state index contributed by atoms with van der Waals surface area (Å²) in [4.78, 5) is 31.6. The van der Waals surface area contributed by atoms with Crippen molar-refractivity contribution in [3.05, 3.63) is 90.9 Å². The second-order valence-electron chi connectivity index (χ2n) is 10.7. The quantitative estimate of drug-likeness (QED) is 0.108. The van der Waals surface area contributed by atoms with Crippen LogP contribution < -0.4 is 15.5 Å². The van der Waals surface area contributed by atoms with Gasteiger partial charge in [0.2, 0.25) is 5.95 Å². The van der Waals surface area contributed by atoms with Gasteiger partial charge in [0.15, 0.2) is 5.82 Å². The van der Waals surface area contributed by atoms with E-state index in [0.717, 1.165) is 36.8 Å². The Hall–Kier alpha value is -6.21. The standard InChI is InChI=1S/C34H34N12O/c1-3-10-29(41-33-38-21-26(17-35)32(42-33)27-19-36-24-37-20-27)13-8-5-9-16-46(34(47)39-18-25-11-6-4-7-12-25)31-15-14-30(43-44-31)28-22-40-45(2)23-28/h4,6-7,11-12,14-15,19-24,29H,3,5,8,10,13,18H2,1-2H3,(H,39,47)(H,38,41,42)/t29-/m1/s1. The molecular formula is C34H34N12O. The third kappa shape index (κ3) is 8.93. The molecule has 0 fully saturated rings. The van der Waals surface area contributed by atoms with Crippen LogP contribution in [0.25, 0.3) is 22.5 Å². The first-order valence-electron chi connectivity index (χ1n) is 15.3. The van der Waals surface area contributed by atoms with E-state index < -0.39 is 6.03 Å². The summed E-state index contributed by atoms with van der Waals surface area (Å²) in [5.74, 6) is 3.90. The molecule has 236 valence electrons. The smallest absolute Gasteiger partial charge is 0.335 e. The minimum atomic E-state index is -0.395. The van der Waals surface area contributed by atoms with E-state index in [9.17, 15) is 10.1 Å². The van der Waals surface area contributed by atoms with Crippen molar-refractivity contribution in [2.24, 2.45) is 7.05 Å². The predicted octanol–water partition coefficient (Wildman–Crippen LogP) is 5.12. The molecule has 5 rings (SSSR count). The predicted molar refractivity (Wildman–Crippen MR) is 177 cm³/mol. The summed E-state index contributed by atoms with van der Waals surface area (Å²) in [7, 11) is 1.83. The summed E-state index contributed by atoms with van der Waals surface area (Å²) in [5.41, 5.74) is 3.91. The Labute approximate surface area is 273 Å². The molecule has 13 heteroatoms. The first-order chi connectivity index (χ1) is 23.0. The third-order valence-corrected chi connectivity index (χ3v) is 7.13. The highest BCUT2D eigenvalue weighted by Gasteiger charge is 2.17. The summed E-state index contributed by atoms with van der Waals surface area (Å²) in [6.07, 6.45) is 13.7. The number of hydrogen-bond donors (Lipinski definition) is 2. The van der Waals surface area contributed by atoms with Crippen LogP contribution in [0.5, 0.6) is 0 Å². The van der Waals surface area contributed by atoms with Crippen molar-refractivity contribution in [1.29, 1.82) is 5.26 Å². The number of carbonyl (C=O) groups excluding carboxylic acids is 1. The first-order valence-corrected chi connectivity index (χ1v) is 15.3. The summed E-state index contributed by atoms with van der Waals surface area (Å²) in [5, 5.41) is 28.7. The minimum Gasteiger partial charge on any atom is -0.351 e. The Morgan fingerprint density at radius 3 is 2.55 bits per heavy atom. The average Bonchev–Trinajstić information content (AvgIpc) is 3.55. The molecule has 0 aliphatic rings. The summed E-state index contributed by atoms with van der Waals surface area (Å²) in [6.45, 7) is 2.47. The molecule has 47 heavy (non-hydrogen) atoms. The van der Waals surface area contributed by atoms with E-state index in [0.29, 0.717) is 47.2 Å². The first kappa shape index (κ1) is 32.2. The van der Waals surface area contributed by atoms with Gasteiger partial charge in [-0.15, -0.1) is 10.2 Å². The van der Waals surface area contributed by atoms with Crippen molar-refractivity contribution in [2.75, 3.05) is 10.2 Å². The van der Waals surface area contributed by atoms with Crippen LogP contribution in [0.15, 0.2) is 79.8 Å². The van der Waals surface area contributed by atoms with Crippen molar-refractivity contribution >= 4 is 17.8 Å². The van der Waals surface area contributed by atoms with Gasteiger partial charge >= 0.3 is 6.03 Å². The maximum Gasteiger partial charge on any atom is 0.335 e. The number of anilines is 2. The molecule has 1 aromatic carbocycles. The van der Waals surface area contributed by atoms with Gasteiger partial charge < -0.3 is 10.6 Å². The van der Waals surface area contributed by atoms with Gasteiger partial charge in [-0.25, -0.2) is 29.6 Å². The molecule has 0 aliphatic heterocycles. The number of rotatable bonds is 12. The molecule has 1 atom stereocenters. The molecule has 2 amide bonds. The molecule has 0 bridgehead atoms. The largest absolute Gasteiger partial charge is 0.351 e. The van der Waals surface area contributed by atoms with Gasteiger partial charge in [-0.3, -0.25) is 4.68 Å². The lowest BCUT2D eigenvalue weighted by Crippen LogP contribution is -2.37. The monoisotopic (exact) mass is 626 g/mol. The van der Waals surface area contributed by atoms with Crippen molar-refractivity contribution in [3.63, 3.8) is 0 Å². The number of carbonyl (C=O) groups is 1. The zero-order valence-electron chi connectivity index (χ0n) is 26.2. The molecule has 0 unspecified atom stereocenters. The number of urea groups is 1. The SMILES string of the molecule is CCC[C@H](CCCC#CN(C(=O)NCc1ccccc1)c1ccc(-c2cnn(C)c2)nn1)Nc1ncc(C#N)c(-c2cncnc2)n1. The van der Waals surface area contributed by atoms with Crippen LogP contribution in [-0.4, -0.2) is 52.0 Å². The van der Waals surface area contributed by atoms with Crippen molar-refractivity contribution in [2.45, 2.75) is 51.6 Å². The third-order valence-electron chi connectivity index (χ3n) is 7.13. The van der Waals surface area contributed by atoms with Gasteiger partial charge in [0.05, 0.1) is 29.3 Å². The Bertz CT molecular complexity index is 1860. The molecule has 0 aliphatic carbocycles. The Morgan fingerprint density at radius 2 is 1.85 bits per heavy atom. The Morgan fingerprint density at radius 1 is 1.02 bits per heavy atom. The van der Waals surface area contributed by atoms with E-state index in [-0.39, 0.29) is 6.04 Å². The van der Waals surface area contributed by atoms with Gasteiger partial charge in [-0.05, 0) is 37.0 Å². The molecule has 0 saturated heterocycles. The zero-order valence-corrected chi connectivity index (χ0v) is 26.2. The number of nitriles is 1. The van der Waals surface area contributed by atoms with Crippen LogP contribution in [0.1, 0.15) is 50.2 Å². The number of nitrogens with one attached hydrogen (secondary N) is 2. The molecule has 2 N–H and O–H groups in total. The van der Waals surface area contributed by atoms with Crippen LogP contribution in [0.4, 0.5) is 16.6 Å². The van der Waals surface area contributed by atoms with Crippen LogP contribution in [0, 0.1) is 23.3 Å². The highest BCUT2D eigenvalue weighted by Crippen LogP contribution is 2.22. The number of nitrogens with zero attached hydrogens (tertiary/aromatic N) is 10. The number of aryl methyl sites for hydroxylation is 1. The van der Waals surface area contributed by atoms with E-state index in [4.69, 9.17) is 0 Å². The lowest BCUT2D eigenvalue weighted by atomic mass is 10.1. The van der Waals surface area contributed by atoms with Crippen molar-refractivity contribution in [3.8, 4) is 40.5 Å². The average molecular weight is 627 g/mol. The van der Waals surface area contributed by atoms with Crippen LogP contribution in [-0.2, 0) is 13.6 Å². The number of benzene rings is 1. The lowest BCUT2D eigenvalue weighted by Gasteiger charge is -2.18. The summed E-state index contributed by atoms with van der Waals surface area (Å²) in [6, 6.07) is 18.0. The molecule has 0 radical (unpaired) electrons. The van der Waals surface area contributed by atoms with Crippen LogP contribution in [0.3, 0.4) is 0 Å². The number of hydrogen-bond acceptors (Lipinski definition) is 10. The van der Waals surface area contributed by atoms with E-state index in [1.165, 1.54) is 17.4 Å². The highest BCUT2D eigenvalue weighted by atomic mass is 16.2. The zero-order chi connectivity index (χ0) is 32.8. The fourth-order valence-electron chi connectivity index (χ4n) is 4.78. The molecule has 13 nitrogen and oxygen atoms in total. The molecular weight excluding hydrogens is 592 g/mol. The number of amides is 2. The Kier molecular flexibility index (Phi) is 11.1. The van der Waals surface area contributed by atoms with Gasteiger partial charge in [-0.1, -0.05) is 49.6 Å². The fourth-order valence-corrected chi connectivity index (χ4v) is 4.78. The van der Waals surface area contributed by atoms with E-state index in [2.05, 4.69) is 70.8 Å². The number of unbranched alkanes of at least 4 members (excludes halogenated alkanes) is 1. The van der Waals surface area contributed by atoms with E-state index >= 15 is 0 Å². The maximum atomic E-state index is 13.3. The van der Waals surface area contributed by atoms with Crippen molar-refractivity contribution in [1.82, 2.24) is 45.2 Å². The van der Waals surface area contributed by atoms with E-state index in [1.54, 1.807) is 35.4 Å². The molecule has 4 heterocycles. The number of aromatic nitrogens is 8. The summed E-state index contributed by atoms with van der Waals surface area (Å²) >= 11 is 0. The second kappa shape index (κ2) is 16.2. The fraction of sp³-hybridized carbons (Fsp3) is 0.265.